The van der Waals surface area contributed by atoms with Crippen molar-refractivity contribution in [1.82, 2.24) is 20.7 Å². The number of H-pyrrole nitrogens is 1. The number of nitrogens with one attached hydrogen (secondary N) is 3. The van der Waals surface area contributed by atoms with Gasteiger partial charge in [-0.05, 0) is 38.3 Å². The monoisotopic (exact) mass is 488 g/mol. The number of imide groups is 1. The molecule has 192 valence electrons. The van der Waals surface area contributed by atoms with E-state index < -0.39 is 41.5 Å². The van der Waals surface area contributed by atoms with Crippen molar-refractivity contribution < 1.29 is 28.8 Å². The molecule has 10 heteroatoms. The average molecular weight is 489 g/mol. The molecule has 1 aromatic heterocycles. The van der Waals surface area contributed by atoms with Crippen LogP contribution in [0.2, 0.25) is 0 Å². The van der Waals surface area contributed by atoms with Gasteiger partial charge in [0.2, 0.25) is 11.8 Å². The first kappa shape index (κ1) is 27.8. The van der Waals surface area contributed by atoms with Crippen LogP contribution in [0.25, 0.3) is 10.9 Å². The molecule has 0 aliphatic carbocycles. The lowest BCUT2D eigenvalue weighted by Crippen LogP contribution is -2.57. The molecule has 35 heavy (non-hydrogen) atoms. The van der Waals surface area contributed by atoms with Crippen molar-refractivity contribution in [3.8, 4) is 0 Å². The molecular formula is C25H36N4O6. The number of hydrogen-bond donors (Lipinski definition) is 3. The zero-order chi connectivity index (χ0) is 26.3. The average Bonchev–Trinajstić information content (AvgIpc) is 3.18. The molecule has 10 nitrogen and oxygen atoms in total. The SMILES string of the molecule is CC[C@H](C)[C@H](NC(=O)OC(C)(C)C)C(=O)N[C@@H](Cc1c[nH]c2ccccc12)C(=O)N(OC)C(C)=O. The predicted octanol–water partition coefficient (Wildman–Crippen LogP) is 3.07. The first-order valence-electron chi connectivity index (χ1n) is 11.6. The molecule has 0 fully saturated rings. The molecule has 0 aliphatic rings. The summed E-state index contributed by atoms with van der Waals surface area (Å²) in [5.41, 5.74) is 0.910. The maximum absolute atomic E-state index is 13.3. The Bertz CT molecular complexity index is 1060. The van der Waals surface area contributed by atoms with E-state index in [1.807, 2.05) is 38.1 Å². The number of hydrogen-bond acceptors (Lipinski definition) is 6. The zero-order valence-electron chi connectivity index (χ0n) is 21.4. The Morgan fingerprint density at radius 3 is 2.34 bits per heavy atom. The van der Waals surface area contributed by atoms with Gasteiger partial charge in [-0.15, -0.1) is 0 Å². The fraction of sp³-hybridized carbons (Fsp3) is 0.520. The number of fused-ring (bicyclic) bond motifs is 1. The van der Waals surface area contributed by atoms with E-state index in [2.05, 4.69) is 15.6 Å². The van der Waals surface area contributed by atoms with Crippen LogP contribution in [0.1, 0.15) is 53.5 Å². The van der Waals surface area contributed by atoms with Crippen LogP contribution in [0.15, 0.2) is 30.5 Å². The van der Waals surface area contributed by atoms with E-state index in [1.54, 1.807) is 27.0 Å². The molecule has 0 radical (unpaired) electrons. The molecule has 0 saturated carbocycles. The van der Waals surface area contributed by atoms with Gasteiger partial charge in [-0.1, -0.05) is 38.5 Å². The smallest absolute Gasteiger partial charge is 0.408 e. The summed E-state index contributed by atoms with van der Waals surface area (Å²) in [6.45, 7) is 10.1. The molecule has 0 bridgehead atoms. The van der Waals surface area contributed by atoms with Gasteiger partial charge >= 0.3 is 6.09 Å². The molecular weight excluding hydrogens is 452 g/mol. The highest BCUT2D eigenvalue weighted by molar-refractivity contribution is 5.98. The molecule has 0 saturated heterocycles. The largest absolute Gasteiger partial charge is 0.444 e. The highest BCUT2D eigenvalue weighted by Crippen LogP contribution is 2.20. The number of benzene rings is 1. The van der Waals surface area contributed by atoms with Crippen molar-refractivity contribution in [3.05, 3.63) is 36.0 Å². The number of aromatic nitrogens is 1. The number of alkyl carbamates (subject to hydrolysis) is 1. The summed E-state index contributed by atoms with van der Waals surface area (Å²) in [6, 6.07) is 5.47. The number of nitrogens with zero attached hydrogens (tertiary/aromatic N) is 1. The van der Waals surface area contributed by atoms with Crippen LogP contribution >= 0.6 is 0 Å². The Morgan fingerprint density at radius 1 is 1.11 bits per heavy atom. The van der Waals surface area contributed by atoms with Gasteiger partial charge in [0.15, 0.2) is 0 Å². The van der Waals surface area contributed by atoms with E-state index in [0.29, 0.717) is 11.5 Å². The Balaban J connectivity index is 2.34. The summed E-state index contributed by atoms with van der Waals surface area (Å²) in [5.74, 6) is -2.17. The molecule has 0 spiro atoms. The van der Waals surface area contributed by atoms with E-state index in [0.717, 1.165) is 16.5 Å². The third-order valence-electron chi connectivity index (χ3n) is 5.55. The van der Waals surface area contributed by atoms with Gasteiger partial charge in [0.1, 0.15) is 17.7 Å². The zero-order valence-corrected chi connectivity index (χ0v) is 21.4. The normalized spacial score (nSPS) is 14.0. The summed E-state index contributed by atoms with van der Waals surface area (Å²) >= 11 is 0. The molecule has 2 aromatic rings. The van der Waals surface area contributed by atoms with Crippen molar-refractivity contribution in [2.24, 2.45) is 5.92 Å². The van der Waals surface area contributed by atoms with Crippen LogP contribution in [0.4, 0.5) is 4.79 Å². The van der Waals surface area contributed by atoms with Crippen LogP contribution in [0.3, 0.4) is 0 Å². The van der Waals surface area contributed by atoms with E-state index in [9.17, 15) is 19.2 Å². The highest BCUT2D eigenvalue weighted by atomic mass is 16.7. The molecule has 0 unspecified atom stereocenters. The third-order valence-corrected chi connectivity index (χ3v) is 5.55. The third kappa shape index (κ3) is 7.54. The van der Waals surface area contributed by atoms with E-state index >= 15 is 0 Å². The first-order valence-corrected chi connectivity index (χ1v) is 11.6. The Hall–Kier alpha value is -3.40. The van der Waals surface area contributed by atoms with Crippen molar-refractivity contribution in [2.45, 2.75) is 72.1 Å². The maximum Gasteiger partial charge on any atom is 0.408 e. The number of amides is 4. The maximum atomic E-state index is 13.3. The van der Waals surface area contributed by atoms with Gasteiger partial charge in [0.25, 0.3) is 5.91 Å². The molecule has 1 aromatic carbocycles. The number of carbonyl (C=O) groups is 4. The minimum absolute atomic E-state index is 0.0986. The topological polar surface area (TPSA) is 130 Å². The van der Waals surface area contributed by atoms with Gasteiger partial charge in [-0.2, -0.15) is 5.06 Å². The van der Waals surface area contributed by atoms with Gasteiger partial charge in [0.05, 0.1) is 7.11 Å². The number of rotatable bonds is 9. The van der Waals surface area contributed by atoms with Crippen molar-refractivity contribution in [2.75, 3.05) is 7.11 Å². The van der Waals surface area contributed by atoms with E-state index in [-0.39, 0.29) is 12.3 Å². The fourth-order valence-electron chi connectivity index (χ4n) is 3.63. The number of hydroxylamine groups is 2. The van der Waals surface area contributed by atoms with Crippen molar-refractivity contribution in [3.63, 3.8) is 0 Å². The summed E-state index contributed by atoms with van der Waals surface area (Å²) in [4.78, 5) is 59.1. The summed E-state index contributed by atoms with van der Waals surface area (Å²) in [7, 11) is 1.20. The van der Waals surface area contributed by atoms with Gasteiger partial charge in [0, 0.05) is 30.4 Å². The summed E-state index contributed by atoms with van der Waals surface area (Å²) < 4.78 is 5.31. The number of aromatic amines is 1. The van der Waals surface area contributed by atoms with E-state index in [4.69, 9.17) is 9.57 Å². The van der Waals surface area contributed by atoms with Crippen molar-refractivity contribution in [1.29, 1.82) is 0 Å². The van der Waals surface area contributed by atoms with Gasteiger partial charge in [-0.3, -0.25) is 19.2 Å². The fourth-order valence-corrected chi connectivity index (χ4v) is 3.63. The van der Waals surface area contributed by atoms with Crippen molar-refractivity contribution >= 4 is 34.7 Å². The van der Waals surface area contributed by atoms with E-state index in [1.165, 1.54) is 14.0 Å². The second kappa shape index (κ2) is 11.8. The molecule has 2 rings (SSSR count). The highest BCUT2D eigenvalue weighted by Gasteiger charge is 2.34. The molecule has 3 N–H and O–H groups in total. The van der Waals surface area contributed by atoms with Crippen LogP contribution in [-0.2, 0) is 30.4 Å². The Labute approximate surface area is 205 Å². The summed E-state index contributed by atoms with van der Waals surface area (Å²) in [5, 5.41) is 6.84. The van der Waals surface area contributed by atoms with Crippen LogP contribution < -0.4 is 10.6 Å². The van der Waals surface area contributed by atoms with Gasteiger partial charge < -0.3 is 20.4 Å². The predicted molar refractivity (Wildman–Crippen MR) is 131 cm³/mol. The molecule has 3 atom stereocenters. The first-order chi connectivity index (χ1) is 16.4. The minimum atomic E-state index is -1.13. The second-order valence-electron chi connectivity index (χ2n) is 9.47. The molecule has 4 amide bonds. The minimum Gasteiger partial charge on any atom is -0.444 e. The summed E-state index contributed by atoms with van der Waals surface area (Å²) in [6.07, 6.45) is 1.71. The lowest BCUT2D eigenvalue weighted by atomic mass is 9.97. The Kier molecular flexibility index (Phi) is 9.41. The van der Waals surface area contributed by atoms with Crippen LogP contribution in [0.5, 0.6) is 0 Å². The number of para-hydroxylation sites is 1. The van der Waals surface area contributed by atoms with Crippen LogP contribution in [0, 0.1) is 5.92 Å². The van der Waals surface area contributed by atoms with Gasteiger partial charge in [-0.25, -0.2) is 4.79 Å². The lowest BCUT2D eigenvalue weighted by molar-refractivity contribution is -0.187. The number of ether oxygens (including phenoxy) is 1. The number of carbonyl (C=O) groups excluding carboxylic acids is 4. The molecule has 1 heterocycles. The molecule has 0 aliphatic heterocycles. The standard InChI is InChI=1S/C25H36N4O6/c1-8-15(2)21(28-24(33)35-25(4,5)6)22(31)27-20(23(32)29(34-7)16(3)30)13-17-14-26-19-12-10-9-11-18(17)19/h9-12,14-15,20-21,26H,8,13H2,1-7H3,(H,27,31)(H,28,33)/t15-,20-,21-/m0/s1. The lowest BCUT2D eigenvalue weighted by Gasteiger charge is -2.29. The second-order valence-corrected chi connectivity index (χ2v) is 9.47. The van der Waals surface area contributed by atoms with Crippen LogP contribution in [-0.4, -0.2) is 58.7 Å². The quantitative estimate of drug-likeness (QED) is 0.465. The Morgan fingerprint density at radius 2 is 1.77 bits per heavy atom.